The van der Waals surface area contributed by atoms with Crippen LogP contribution in [0.2, 0.25) is 0 Å². The fraction of sp³-hybridized carbons (Fsp3) is 0.556. The van der Waals surface area contributed by atoms with Gasteiger partial charge in [-0.2, -0.15) is 0 Å². The van der Waals surface area contributed by atoms with E-state index in [9.17, 15) is 9.59 Å². The highest BCUT2D eigenvalue weighted by atomic mass is 16.5. The van der Waals surface area contributed by atoms with E-state index in [0.29, 0.717) is 49.5 Å². The highest BCUT2D eigenvalue weighted by Crippen LogP contribution is 2.31. The van der Waals surface area contributed by atoms with Gasteiger partial charge in [0, 0.05) is 25.6 Å². The van der Waals surface area contributed by atoms with Gasteiger partial charge in [0.15, 0.2) is 0 Å². The van der Waals surface area contributed by atoms with Gasteiger partial charge in [-0.3, -0.25) is 9.59 Å². The number of nitrogens with one attached hydrogen (secondary N) is 1. The second kappa shape index (κ2) is 8.57. The standard InChI is InChI=1S/C18H26N2O4/c1-4-10-19-17(21)13-8-11-20(12-9-13)18(22)16-14(23-2)6-5-7-15(16)24-3/h5-7,13H,4,8-12H2,1-3H3,(H,19,21). The molecular weight excluding hydrogens is 308 g/mol. The van der Waals surface area contributed by atoms with E-state index in [4.69, 9.17) is 9.47 Å². The van der Waals surface area contributed by atoms with Crippen LogP contribution in [-0.4, -0.2) is 50.6 Å². The number of rotatable bonds is 6. The van der Waals surface area contributed by atoms with Gasteiger partial charge < -0.3 is 19.7 Å². The average molecular weight is 334 g/mol. The maximum Gasteiger partial charge on any atom is 0.261 e. The quantitative estimate of drug-likeness (QED) is 0.865. The Morgan fingerprint density at radius 1 is 1.17 bits per heavy atom. The van der Waals surface area contributed by atoms with E-state index in [1.54, 1.807) is 23.1 Å². The fourth-order valence-electron chi connectivity index (χ4n) is 2.96. The fourth-order valence-corrected chi connectivity index (χ4v) is 2.96. The van der Waals surface area contributed by atoms with Gasteiger partial charge >= 0.3 is 0 Å². The minimum absolute atomic E-state index is 0.0137. The van der Waals surface area contributed by atoms with Crippen molar-refractivity contribution in [2.24, 2.45) is 5.92 Å². The third-order valence-electron chi connectivity index (χ3n) is 4.34. The van der Waals surface area contributed by atoms with E-state index in [-0.39, 0.29) is 17.7 Å². The molecule has 2 amide bonds. The minimum atomic E-state index is -0.114. The van der Waals surface area contributed by atoms with Crippen molar-refractivity contribution in [3.05, 3.63) is 23.8 Å². The van der Waals surface area contributed by atoms with Gasteiger partial charge in [-0.05, 0) is 31.4 Å². The maximum absolute atomic E-state index is 12.9. The largest absolute Gasteiger partial charge is 0.496 e. The van der Waals surface area contributed by atoms with Crippen molar-refractivity contribution in [2.45, 2.75) is 26.2 Å². The number of nitrogens with zero attached hydrogens (tertiary/aromatic N) is 1. The topological polar surface area (TPSA) is 67.9 Å². The zero-order chi connectivity index (χ0) is 17.5. The number of piperidine rings is 1. The summed E-state index contributed by atoms with van der Waals surface area (Å²) in [6.45, 7) is 3.85. The number of methoxy groups -OCH3 is 2. The first-order valence-corrected chi connectivity index (χ1v) is 8.40. The van der Waals surface area contributed by atoms with Crippen LogP contribution >= 0.6 is 0 Å². The summed E-state index contributed by atoms with van der Waals surface area (Å²) in [4.78, 5) is 26.7. The van der Waals surface area contributed by atoms with Crippen molar-refractivity contribution in [1.29, 1.82) is 0 Å². The highest BCUT2D eigenvalue weighted by Gasteiger charge is 2.30. The van der Waals surface area contributed by atoms with Gasteiger partial charge in [0.1, 0.15) is 17.1 Å². The lowest BCUT2D eigenvalue weighted by Crippen LogP contribution is -2.43. The van der Waals surface area contributed by atoms with Crippen molar-refractivity contribution < 1.29 is 19.1 Å². The first-order valence-electron chi connectivity index (χ1n) is 8.40. The van der Waals surface area contributed by atoms with Crippen LogP contribution in [0, 0.1) is 5.92 Å². The molecule has 0 atom stereocenters. The molecule has 6 heteroatoms. The molecule has 1 aromatic carbocycles. The summed E-state index contributed by atoms with van der Waals surface area (Å²) in [7, 11) is 3.08. The molecule has 6 nitrogen and oxygen atoms in total. The monoisotopic (exact) mass is 334 g/mol. The number of amides is 2. The van der Waals surface area contributed by atoms with Crippen LogP contribution in [0.1, 0.15) is 36.5 Å². The number of hydrogen-bond acceptors (Lipinski definition) is 4. The Kier molecular flexibility index (Phi) is 6.46. The number of carbonyl (C=O) groups excluding carboxylic acids is 2. The number of benzene rings is 1. The molecule has 1 fully saturated rings. The molecule has 1 saturated heterocycles. The highest BCUT2D eigenvalue weighted by molar-refractivity contribution is 5.99. The molecule has 24 heavy (non-hydrogen) atoms. The molecule has 0 aromatic heterocycles. The Bertz CT molecular complexity index is 558. The normalized spacial score (nSPS) is 15.0. The molecule has 2 rings (SSSR count). The Morgan fingerprint density at radius 3 is 2.25 bits per heavy atom. The summed E-state index contributed by atoms with van der Waals surface area (Å²) in [5.74, 6) is 0.972. The number of likely N-dealkylation sites (tertiary alicyclic amines) is 1. The van der Waals surface area contributed by atoms with E-state index in [1.807, 2.05) is 6.92 Å². The van der Waals surface area contributed by atoms with E-state index in [2.05, 4.69) is 5.32 Å². The Morgan fingerprint density at radius 2 is 1.75 bits per heavy atom. The minimum Gasteiger partial charge on any atom is -0.496 e. The Hall–Kier alpha value is -2.24. The van der Waals surface area contributed by atoms with Crippen molar-refractivity contribution in [3.8, 4) is 11.5 Å². The van der Waals surface area contributed by atoms with E-state index in [0.717, 1.165) is 6.42 Å². The molecule has 1 aromatic rings. The van der Waals surface area contributed by atoms with E-state index < -0.39 is 0 Å². The summed E-state index contributed by atoms with van der Waals surface area (Å²) in [6.07, 6.45) is 2.29. The van der Waals surface area contributed by atoms with Crippen LogP contribution in [0.5, 0.6) is 11.5 Å². The molecular formula is C18H26N2O4. The first kappa shape index (κ1) is 18.1. The zero-order valence-corrected chi connectivity index (χ0v) is 14.6. The summed E-state index contributed by atoms with van der Waals surface area (Å²) >= 11 is 0. The lowest BCUT2D eigenvalue weighted by molar-refractivity contribution is -0.126. The zero-order valence-electron chi connectivity index (χ0n) is 14.6. The summed E-state index contributed by atoms with van der Waals surface area (Å²) in [5, 5.41) is 2.93. The lowest BCUT2D eigenvalue weighted by Gasteiger charge is -2.32. The molecule has 1 aliphatic heterocycles. The average Bonchev–Trinajstić information content (AvgIpc) is 2.64. The van der Waals surface area contributed by atoms with Crippen molar-refractivity contribution in [3.63, 3.8) is 0 Å². The molecule has 0 saturated carbocycles. The summed E-state index contributed by atoms with van der Waals surface area (Å²) in [5.41, 5.74) is 0.441. The number of hydrogen-bond donors (Lipinski definition) is 1. The van der Waals surface area contributed by atoms with Gasteiger partial charge in [-0.25, -0.2) is 0 Å². The van der Waals surface area contributed by atoms with Crippen LogP contribution in [-0.2, 0) is 4.79 Å². The summed E-state index contributed by atoms with van der Waals surface area (Å²) in [6, 6.07) is 5.29. The van der Waals surface area contributed by atoms with Crippen molar-refractivity contribution >= 4 is 11.8 Å². The Balaban J connectivity index is 2.05. The molecule has 1 heterocycles. The van der Waals surface area contributed by atoms with Gasteiger partial charge in [-0.1, -0.05) is 13.0 Å². The molecule has 0 spiro atoms. The van der Waals surface area contributed by atoms with Gasteiger partial charge in [0.05, 0.1) is 14.2 Å². The predicted octanol–water partition coefficient (Wildman–Crippen LogP) is 2.08. The van der Waals surface area contributed by atoms with Crippen LogP contribution in [0.25, 0.3) is 0 Å². The molecule has 0 radical (unpaired) electrons. The summed E-state index contributed by atoms with van der Waals surface area (Å²) < 4.78 is 10.6. The second-order valence-corrected chi connectivity index (χ2v) is 5.90. The van der Waals surface area contributed by atoms with Crippen LogP contribution < -0.4 is 14.8 Å². The molecule has 1 aliphatic rings. The van der Waals surface area contributed by atoms with Crippen LogP contribution in [0.3, 0.4) is 0 Å². The molecule has 0 aliphatic carbocycles. The van der Waals surface area contributed by atoms with Gasteiger partial charge in [-0.15, -0.1) is 0 Å². The third-order valence-corrected chi connectivity index (χ3v) is 4.34. The molecule has 0 unspecified atom stereocenters. The Labute approximate surface area is 143 Å². The van der Waals surface area contributed by atoms with Crippen LogP contribution in [0.15, 0.2) is 18.2 Å². The van der Waals surface area contributed by atoms with E-state index >= 15 is 0 Å². The van der Waals surface area contributed by atoms with Crippen molar-refractivity contribution in [1.82, 2.24) is 10.2 Å². The number of carbonyl (C=O) groups is 2. The molecule has 1 N–H and O–H groups in total. The predicted molar refractivity (Wildman–Crippen MR) is 91.5 cm³/mol. The lowest BCUT2D eigenvalue weighted by atomic mass is 9.95. The molecule has 132 valence electrons. The first-order chi connectivity index (χ1) is 11.6. The van der Waals surface area contributed by atoms with Crippen LogP contribution in [0.4, 0.5) is 0 Å². The number of ether oxygens (including phenoxy) is 2. The second-order valence-electron chi connectivity index (χ2n) is 5.90. The van der Waals surface area contributed by atoms with Gasteiger partial charge in [0.25, 0.3) is 5.91 Å². The van der Waals surface area contributed by atoms with E-state index in [1.165, 1.54) is 14.2 Å². The smallest absolute Gasteiger partial charge is 0.261 e. The maximum atomic E-state index is 12.9. The third kappa shape index (κ3) is 3.99. The van der Waals surface area contributed by atoms with Crippen molar-refractivity contribution in [2.75, 3.05) is 33.9 Å². The molecule has 0 bridgehead atoms. The van der Waals surface area contributed by atoms with Gasteiger partial charge in [0.2, 0.25) is 5.91 Å². The SMILES string of the molecule is CCCNC(=O)C1CCN(C(=O)c2c(OC)cccc2OC)CC1.